The second-order valence-electron chi connectivity index (χ2n) is 6.50. The fourth-order valence-electron chi connectivity index (χ4n) is 3.69. The third-order valence-electron chi connectivity index (χ3n) is 5.13. The molecule has 1 aliphatic carbocycles. The van der Waals surface area contributed by atoms with Crippen molar-refractivity contribution in [2.45, 2.75) is 58.0 Å². The minimum atomic E-state index is 0.709. The average Bonchev–Trinajstić information content (AvgIpc) is 2.78. The van der Waals surface area contributed by atoms with Crippen molar-refractivity contribution in [2.75, 3.05) is 0 Å². The highest BCUT2D eigenvalue weighted by Crippen LogP contribution is 2.26. The van der Waals surface area contributed by atoms with Gasteiger partial charge in [0.2, 0.25) is 0 Å². The quantitative estimate of drug-likeness (QED) is 0.751. The van der Waals surface area contributed by atoms with Crippen molar-refractivity contribution in [3.8, 4) is 0 Å². The van der Waals surface area contributed by atoms with Crippen LogP contribution in [0.2, 0.25) is 0 Å². The summed E-state index contributed by atoms with van der Waals surface area (Å²) < 4.78 is 0. The van der Waals surface area contributed by atoms with Crippen LogP contribution in [-0.4, -0.2) is 6.04 Å². The van der Waals surface area contributed by atoms with Crippen LogP contribution in [0, 0.1) is 5.92 Å². The normalized spacial score (nSPS) is 23.1. The maximum atomic E-state index is 3.81. The van der Waals surface area contributed by atoms with E-state index in [0.29, 0.717) is 6.04 Å². The molecule has 0 aliphatic heterocycles. The summed E-state index contributed by atoms with van der Waals surface area (Å²) in [5.74, 6) is 0.967. The fraction of sp³-hybridized carbons (Fsp3) is 0.500. The van der Waals surface area contributed by atoms with Crippen molar-refractivity contribution in [1.29, 1.82) is 0 Å². The van der Waals surface area contributed by atoms with Crippen molar-refractivity contribution >= 4 is 10.8 Å². The SMILES string of the molecule is CCC1CCCC(NCc2cccc3ccccc23)CC1. The van der Waals surface area contributed by atoms with Gasteiger partial charge in [-0.25, -0.2) is 0 Å². The van der Waals surface area contributed by atoms with E-state index in [2.05, 4.69) is 54.7 Å². The molecule has 0 radical (unpaired) electrons. The highest BCUT2D eigenvalue weighted by Gasteiger charge is 2.17. The molecular formula is C20H27N. The van der Waals surface area contributed by atoms with E-state index in [1.54, 1.807) is 0 Å². The van der Waals surface area contributed by atoms with Gasteiger partial charge in [-0.1, -0.05) is 68.7 Å². The molecular weight excluding hydrogens is 254 g/mol. The average molecular weight is 281 g/mol. The van der Waals surface area contributed by atoms with E-state index in [-0.39, 0.29) is 0 Å². The van der Waals surface area contributed by atoms with Gasteiger partial charge in [-0.2, -0.15) is 0 Å². The summed E-state index contributed by atoms with van der Waals surface area (Å²) in [4.78, 5) is 0. The zero-order chi connectivity index (χ0) is 14.5. The van der Waals surface area contributed by atoms with Gasteiger partial charge in [0.15, 0.2) is 0 Å². The second kappa shape index (κ2) is 7.09. The van der Waals surface area contributed by atoms with Crippen LogP contribution in [0.5, 0.6) is 0 Å². The molecule has 1 saturated carbocycles. The zero-order valence-electron chi connectivity index (χ0n) is 13.1. The van der Waals surface area contributed by atoms with E-state index in [4.69, 9.17) is 0 Å². The second-order valence-corrected chi connectivity index (χ2v) is 6.50. The minimum absolute atomic E-state index is 0.709. The molecule has 3 rings (SSSR count). The maximum Gasteiger partial charge on any atom is 0.0214 e. The predicted molar refractivity (Wildman–Crippen MR) is 91.4 cm³/mol. The lowest BCUT2D eigenvalue weighted by Crippen LogP contribution is -2.28. The van der Waals surface area contributed by atoms with E-state index >= 15 is 0 Å². The smallest absolute Gasteiger partial charge is 0.0214 e. The first-order chi connectivity index (χ1) is 10.4. The number of benzene rings is 2. The van der Waals surface area contributed by atoms with Crippen molar-refractivity contribution in [2.24, 2.45) is 5.92 Å². The first-order valence-electron chi connectivity index (χ1n) is 8.57. The molecule has 112 valence electrons. The van der Waals surface area contributed by atoms with Gasteiger partial charge in [-0.15, -0.1) is 0 Å². The summed E-state index contributed by atoms with van der Waals surface area (Å²) in [5.41, 5.74) is 1.43. The Hall–Kier alpha value is -1.34. The van der Waals surface area contributed by atoms with Crippen molar-refractivity contribution in [1.82, 2.24) is 5.32 Å². The number of hydrogen-bond acceptors (Lipinski definition) is 1. The highest BCUT2D eigenvalue weighted by atomic mass is 14.9. The number of fused-ring (bicyclic) bond motifs is 1. The third kappa shape index (κ3) is 3.65. The molecule has 0 heterocycles. The molecule has 1 heteroatoms. The molecule has 21 heavy (non-hydrogen) atoms. The molecule has 0 bridgehead atoms. The highest BCUT2D eigenvalue weighted by molar-refractivity contribution is 5.85. The molecule has 0 saturated heterocycles. The molecule has 1 nitrogen and oxygen atoms in total. The predicted octanol–water partition coefficient (Wildman–Crippen LogP) is 5.29. The van der Waals surface area contributed by atoms with E-state index in [1.165, 1.54) is 54.9 Å². The Labute approximate surface area is 128 Å². The van der Waals surface area contributed by atoms with Crippen LogP contribution in [-0.2, 0) is 6.54 Å². The molecule has 2 unspecified atom stereocenters. The summed E-state index contributed by atoms with van der Waals surface area (Å²) >= 11 is 0. The summed E-state index contributed by atoms with van der Waals surface area (Å²) in [7, 11) is 0. The number of rotatable bonds is 4. The van der Waals surface area contributed by atoms with Crippen LogP contribution >= 0.6 is 0 Å². The number of hydrogen-bond donors (Lipinski definition) is 1. The lowest BCUT2D eigenvalue weighted by atomic mass is 9.98. The maximum absolute atomic E-state index is 3.81. The van der Waals surface area contributed by atoms with Gasteiger partial charge in [0.05, 0.1) is 0 Å². The Morgan fingerprint density at radius 2 is 1.81 bits per heavy atom. The third-order valence-corrected chi connectivity index (χ3v) is 5.13. The van der Waals surface area contributed by atoms with Crippen LogP contribution < -0.4 is 5.32 Å². The van der Waals surface area contributed by atoms with Crippen molar-refractivity contribution in [3.05, 3.63) is 48.0 Å². The van der Waals surface area contributed by atoms with Crippen LogP contribution in [0.25, 0.3) is 10.8 Å². The molecule has 0 amide bonds. The summed E-state index contributed by atoms with van der Waals surface area (Å²) in [5, 5.41) is 6.56. The van der Waals surface area contributed by atoms with E-state index in [0.717, 1.165) is 12.5 Å². The topological polar surface area (TPSA) is 12.0 Å². The first-order valence-corrected chi connectivity index (χ1v) is 8.57. The van der Waals surface area contributed by atoms with Crippen LogP contribution in [0.15, 0.2) is 42.5 Å². The van der Waals surface area contributed by atoms with Crippen LogP contribution in [0.1, 0.15) is 51.0 Å². The van der Waals surface area contributed by atoms with Crippen LogP contribution in [0.3, 0.4) is 0 Å². The lowest BCUT2D eigenvalue weighted by Gasteiger charge is -2.17. The molecule has 2 atom stereocenters. The number of nitrogens with one attached hydrogen (secondary N) is 1. The van der Waals surface area contributed by atoms with Crippen molar-refractivity contribution < 1.29 is 0 Å². The van der Waals surface area contributed by atoms with Gasteiger partial charge in [0, 0.05) is 12.6 Å². The summed E-state index contributed by atoms with van der Waals surface area (Å²) in [6, 6.07) is 16.1. The monoisotopic (exact) mass is 281 g/mol. The van der Waals surface area contributed by atoms with Gasteiger partial charge in [0.25, 0.3) is 0 Å². The zero-order valence-corrected chi connectivity index (χ0v) is 13.1. The summed E-state index contributed by atoms with van der Waals surface area (Å²) in [6.07, 6.45) is 8.29. The Balaban J connectivity index is 1.64. The molecule has 2 aromatic carbocycles. The van der Waals surface area contributed by atoms with E-state index < -0.39 is 0 Å². The van der Waals surface area contributed by atoms with Gasteiger partial charge >= 0.3 is 0 Å². The molecule has 1 aliphatic rings. The molecule has 1 N–H and O–H groups in total. The lowest BCUT2D eigenvalue weighted by molar-refractivity contribution is 0.425. The van der Waals surface area contributed by atoms with Gasteiger partial charge in [-0.05, 0) is 41.5 Å². The first kappa shape index (κ1) is 14.6. The Morgan fingerprint density at radius 3 is 2.71 bits per heavy atom. The molecule has 1 fully saturated rings. The fourth-order valence-corrected chi connectivity index (χ4v) is 3.69. The van der Waals surface area contributed by atoms with E-state index in [9.17, 15) is 0 Å². The Bertz CT molecular complexity index is 570. The molecule has 0 spiro atoms. The van der Waals surface area contributed by atoms with Gasteiger partial charge < -0.3 is 5.32 Å². The Morgan fingerprint density at radius 1 is 0.952 bits per heavy atom. The molecule has 2 aromatic rings. The van der Waals surface area contributed by atoms with Crippen molar-refractivity contribution in [3.63, 3.8) is 0 Å². The largest absolute Gasteiger partial charge is 0.310 e. The van der Waals surface area contributed by atoms with Crippen LogP contribution in [0.4, 0.5) is 0 Å². The van der Waals surface area contributed by atoms with Gasteiger partial charge in [-0.3, -0.25) is 0 Å². The Kier molecular flexibility index (Phi) is 4.92. The minimum Gasteiger partial charge on any atom is -0.310 e. The summed E-state index contributed by atoms with van der Waals surface area (Å²) in [6.45, 7) is 3.34. The standard InChI is InChI=1S/C20H27N/c1-2-16-7-5-11-19(14-13-16)21-15-18-10-6-9-17-8-3-4-12-20(17)18/h3-4,6,8-10,12,16,19,21H,2,5,7,11,13-15H2,1H3. The van der Waals surface area contributed by atoms with E-state index in [1.807, 2.05) is 0 Å². The molecule has 0 aromatic heterocycles. The van der Waals surface area contributed by atoms with Gasteiger partial charge in [0.1, 0.15) is 0 Å².